The highest BCUT2D eigenvalue weighted by atomic mass is 15.1. The standard InChI is InChI=1S/C14H22N2/c1-2-16-8-4-7-14(11-16)13-6-3-5-12(9-13)10-15/h3,5-6,9,14H,2,4,7-8,10-11,15H2,1H3. The van der Waals surface area contributed by atoms with E-state index in [4.69, 9.17) is 5.73 Å². The zero-order valence-electron chi connectivity index (χ0n) is 10.2. The smallest absolute Gasteiger partial charge is 0.0178 e. The highest BCUT2D eigenvalue weighted by Gasteiger charge is 2.19. The van der Waals surface area contributed by atoms with Gasteiger partial charge in [-0.1, -0.05) is 31.2 Å². The first kappa shape index (κ1) is 11.6. The molecule has 1 aliphatic heterocycles. The van der Waals surface area contributed by atoms with Gasteiger partial charge in [-0.05, 0) is 43.0 Å². The summed E-state index contributed by atoms with van der Waals surface area (Å²) >= 11 is 0. The SMILES string of the molecule is CCN1CCCC(c2cccc(CN)c2)C1. The molecule has 2 N–H and O–H groups in total. The molecule has 1 fully saturated rings. The Morgan fingerprint density at radius 3 is 3.06 bits per heavy atom. The van der Waals surface area contributed by atoms with Crippen molar-refractivity contribution in [3.05, 3.63) is 35.4 Å². The number of likely N-dealkylation sites (N-methyl/N-ethyl adjacent to an activating group) is 1. The molecule has 1 saturated heterocycles. The highest BCUT2D eigenvalue weighted by molar-refractivity contribution is 5.27. The Balaban J connectivity index is 2.10. The van der Waals surface area contributed by atoms with E-state index in [-0.39, 0.29) is 0 Å². The zero-order valence-corrected chi connectivity index (χ0v) is 10.2. The second-order valence-electron chi connectivity index (χ2n) is 4.68. The van der Waals surface area contributed by atoms with Crippen LogP contribution in [0.5, 0.6) is 0 Å². The molecule has 0 radical (unpaired) electrons. The minimum atomic E-state index is 0.651. The minimum absolute atomic E-state index is 0.651. The number of likely N-dealkylation sites (tertiary alicyclic amines) is 1. The molecule has 1 heterocycles. The topological polar surface area (TPSA) is 29.3 Å². The maximum Gasteiger partial charge on any atom is 0.0178 e. The van der Waals surface area contributed by atoms with E-state index in [0.29, 0.717) is 12.5 Å². The van der Waals surface area contributed by atoms with E-state index < -0.39 is 0 Å². The number of nitrogens with zero attached hydrogens (tertiary/aromatic N) is 1. The molecular formula is C14H22N2. The van der Waals surface area contributed by atoms with E-state index in [1.54, 1.807) is 0 Å². The Hall–Kier alpha value is -0.860. The third-order valence-electron chi connectivity index (χ3n) is 3.61. The van der Waals surface area contributed by atoms with E-state index in [2.05, 4.69) is 36.1 Å². The number of nitrogens with two attached hydrogens (primary N) is 1. The summed E-state index contributed by atoms with van der Waals surface area (Å²) in [6.45, 7) is 6.55. The van der Waals surface area contributed by atoms with Crippen molar-refractivity contribution in [3.8, 4) is 0 Å². The van der Waals surface area contributed by atoms with Crippen LogP contribution in [0.1, 0.15) is 36.8 Å². The van der Waals surface area contributed by atoms with Gasteiger partial charge in [0.05, 0.1) is 0 Å². The summed E-state index contributed by atoms with van der Waals surface area (Å²) in [6, 6.07) is 8.79. The Bertz CT molecular complexity index is 335. The second-order valence-corrected chi connectivity index (χ2v) is 4.68. The molecule has 2 heteroatoms. The average molecular weight is 218 g/mol. The molecule has 0 aromatic heterocycles. The fourth-order valence-corrected chi connectivity index (χ4v) is 2.59. The number of rotatable bonds is 3. The molecule has 0 spiro atoms. The van der Waals surface area contributed by atoms with Crippen molar-refractivity contribution in [1.82, 2.24) is 4.90 Å². The summed E-state index contributed by atoms with van der Waals surface area (Å²) in [5.74, 6) is 0.709. The molecule has 2 nitrogen and oxygen atoms in total. The highest BCUT2D eigenvalue weighted by Crippen LogP contribution is 2.27. The van der Waals surface area contributed by atoms with Gasteiger partial charge >= 0.3 is 0 Å². The number of hydrogen-bond donors (Lipinski definition) is 1. The van der Waals surface area contributed by atoms with E-state index in [0.717, 1.165) is 0 Å². The van der Waals surface area contributed by atoms with Gasteiger partial charge in [-0.3, -0.25) is 0 Å². The maximum atomic E-state index is 5.69. The summed E-state index contributed by atoms with van der Waals surface area (Å²) in [5, 5.41) is 0. The molecule has 0 saturated carbocycles. The number of benzene rings is 1. The van der Waals surface area contributed by atoms with E-state index in [1.807, 2.05) is 0 Å². The lowest BCUT2D eigenvalue weighted by molar-refractivity contribution is 0.218. The normalized spacial score (nSPS) is 22.2. The van der Waals surface area contributed by atoms with Crippen LogP contribution in [0.3, 0.4) is 0 Å². The van der Waals surface area contributed by atoms with Crippen LogP contribution < -0.4 is 5.73 Å². The van der Waals surface area contributed by atoms with Crippen molar-refractivity contribution in [2.45, 2.75) is 32.2 Å². The monoisotopic (exact) mass is 218 g/mol. The van der Waals surface area contributed by atoms with Crippen molar-refractivity contribution in [1.29, 1.82) is 0 Å². The van der Waals surface area contributed by atoms with Gasteiger partial charge in [-0.2, -0.15) is 0 Å². The van der Waals surface area contributed by atoms with Crippen molar-refractivity contribution in [2.75, 3.05) is 19.6 Å². The molecule has 88 valence electrons. The number of hydrogen-bond acceptors (Lipinski definition) is 2. The summed E-state index contributed by atoms with van der Waals surface area (Å²) in [6.07, 6.45) is 2.65. The zero-order chi connectivity index (χ0) is 11.4. The molecule has 0 aliphatic carbocycles. The lowest BCUT2D eigenvalue weighted by Crippen LogP contribution is -2.34. The summed E-state index contributed by atoms with van der Waals surface area (Å²) in [5.41, 5.74) is 8.42. The predicted molar refractivity (Wildman–Crippen MR) is 68.4 cm³/mol. The molecule has 16 heavy (non-hydrogen) atoms. The van der Waals surface area contributed by atoms with E-state index >= 15 is 0 Å². The first-order valence-electron chi connectivity index (χ1n) is 6.34. The van der Waals surface area contributed by atoms with Gasteiger partial charge < -0.3 is 10.6 Å². The van der Waals surface area contributed by atoms with Crippen LogP contribution in [0.15, 0.2) is 24.3 Å². The van der Waals surface area contributed by atoms with Crippen LogP contribution >= 0.6 is 0 Å². The number of piperidine rings is 1. The summed E-state index contributed by atoms with van der Waals surface area (Å²) in [7, 11) is 0. The molecular weight excluding hydrogens is 196 g/mol. The van der Waals surface area contributed by atoms with Gasteiger partial charge in [0.15, 0.2) is 0 Å². The van der Waals surface area contributed by atoms with Crippen molar-refractivity contribution >= 4 is 0 Å². The van der Waals surface area contributed by atoms with Crippen LogP contribution in [0.2, 0.25) is 0 Å². The van der Waals surface area contributed by atoms with Crippen molar-refractivity contribution in [3.63, 3.8) is 0 Å². The predicted octanol–water partition coefficient (Wildman–Crippen LogP) is 2.34. The molecule has 0 bridgehead atoms. The minimum Gasteiger partial charge on any atom is -0.326 e. The Kier molecular flexibility index (Phi) is 3.97. The van der Waals surface area contributed by atoms with Crippen LogP contribution in [0, 0.1) is 0 Å². The van der Waals surface area contributed by atoms with Crippen LogP contribution in [-0.2, 0) is 6.54 Å². The first-order valence-corrected chi connectivity index (χ1v) is 6.34. The van der Waals surface area contributed by atoms with Gasteiger partial charge in [0.2, 0.25) is 0 Å². The lowest BCUT2D eigenvalue weighted by atomic mass is 9.90. The van der Waals surface area contributed by atoms with Crippen LogP contribution in [0.25, 0.3) is 0 Å². The third-order valence-corrected chi connectivity index (χ3v) is 3.61. The quantitative estimate of drug-likeness (QED) is 0.844. The van der Waals surface area contributed by atoms with E-state index in [9.17, 15) is 0 Å². The van der Waals surface area contributed by atoms with Gasteiger partial charge in [0.1, 0.15) is 0 Å². The van der Waals surface area contributed by atoms with Gasteiger partial charge in [0.25, 0.3) is 0 Å². The molecule has 1 atom stereocenters. The largest absolute Gasteiger partial charge is 0.326 e. The molecule has 1 aromatic rings. The Morgan fingerprint density at radius 2 is 2.31 bits per heavy atom. The summed E-state index contributed by atoms with van der Waals surface area (Å²) < 4.78 is 0. The molecule has 1 aromatic carbocycles. The second kappa shape index (κ2) is 5.46. The molecule has 1 aliphatic rings. The van der Waals surface area contributed by atoms with Crippen molar-refractivity contribution in [2.24, 2.45) is 5.73 Å². The third kappa shape index (κ3) is 2.63. The van der Waals surface area contributed by atoms with Crippen molar-refractivity contribution < 1.29 is 0 Å². The Morgan fingerprint density at radius 1 is 1.44 bits per heavy atom. The van der Waals surface area contributed by atoms with Gasteiger partial charge in [-0.25, -0.2) is 0 Å². The van der Waals surface area contributed by atoms with Gasteiger partial charge in [-0.15, -0.1) is 0 Å². The fraction of sp³-hybridized carbons (Fsp3) is 0.571. The maximum absolute atomic E-state index is 5.69. The molecule has 1 unspecified atom stereocenters. The lowest BCUT2D eigenvalue weighted by Gasteiger charge is -2.32. The summed E-state index contributed by atoms with van der Waals surface area (Å²) in [4.78, 5) is 2.54. The van der Waals surface area contributed by atoms with Gasteiger partial charge in [0, 0.05) is 13.1 Å². The molecule has 0 amide bonds. The Labute approximate surface area is 98.4 Å². The molecule has 2 rings (SSSR count). The van der Waals surface area contributed by atoms with E-state index in [1.165, 1.54) is 43.6 Å². The van der Waals surface area contributed by atoms with Crippen LogP contribution in [0.4, 0.5) is 0 Å². The van der Waals surface area contributed by atoms with Crippen LogP contribution in [-0.4, -0.2) is 24.5 Å². The first-order chi connectivity index (χ1) is 7.83. The average Bonchev–Trinajstić information content (AvgIpc) is 2.39. The fourth-order valence-electron chi connectivity index (χ4n) is 2.59.